The molecule has 1 aliphatic carbocycles. The first-order valence-corrected chi connectivity index (χ1v) is 12.2. The molecular weight excluding hydrogens is 431 g/mol. The molecule has 5 rings (SSSR count). The first-order valence-electron chi connectivity index (χ1n) is 11.8. The van der Waals surface area contributed by atoms with E-state index in [-0.39, 0.29) is 28.9 Å². The van der Waals surface area contributed by atoms with E-state index in [1.54, 1.807) is 6.07 Å². The number of halogens is 2. The summed E-state index contributed by atoms with van der Waals surface area (Å²) in [6.45, 7) is 2.81. The lowest BCUT2D eigenvalue weighted by Crippen LogP contribution is -2.56. The highest BCUT2D eigenvalue weighted by atomic mass is 35.5. The molecule has 0 bridgehead atoms. The molecule has 32 heavy (non-hydrogen) atoms. The molecule has 8 heteroatoms. The van der Waals surface area contributed by atoms with Crippen LogP contribution < -0.4 is 5.32 Å². The fraction of sp³-hybridized carbons (Fsp3) is 0.667. The van der Waals surface area contributed by atoms with Gasteiger partial charge in [-0.3, -0.25) is 19.4 Å². The van der Waals surface area contributed by atoms with E-state index in [1.165, 1.54) is 25.3 Å². The fourth-order valence-corrected chi connectivity index (χ4v) is 5.96. The van der Waals surface area contributed by atoms with Crippen LogP contribution in [-0.2, 0) is 16.1 Å². The maximum absolute atomic E-state index is 13.8. The van der Waals surface area contributed by atoms with Gasteiger partial charge in [-0.1, -0.05) is 24.1 Å². The van der Waals surface area contributed by atoms with Crippen molar-refractivity contribution < 1.29 is 14.0 Å². The summed E-state index contributed by atoms with van der Waals surface area (Å²) < 4.78 is 13.8. The van der Waals surface area contributed by atoms with E-state index in [9.17, 15) is 14.0 Å². The van der Waals surface area contributed by atoms with Gasteiger partial charge in [0.15, 0.2) is 0 Å². The highest BCUT2D eigenvalue weighted by Gasteiger charge is 2.50. The van der Waals surface area contributed by atoms with Crippen molar-refractivity contribution in [1.29, 1.82) is 0 Å². The number of nitrogens with zero attached hydrogens (tertiary/aromatic N) is 3. The zero-order chi connectivity index (χ0) is 22.5. The number of hydrogen-bond donors (Lipinski definition) is 1. The Kier molecular flexibility index (Phi) is 5.93. The molecule has 2 atom stereocenters. The normalized spacial score (nSPS) is 28.6. The van der Waals surface area contributed by atoms with E-state index in [0.717, 1.165) is 37.9 Å². The number of nitrogens with one attached hydrogen (secondary N) is 1. The van der Waals surface area contributed by atoms with Crippen LogP contribution in [0.4, 0.5) is 4.39 Å². The minimum atomic E-state index is -0.463. The molecule has 0 radical (unpaired) electrons. The Morgan fingerprint density at radius 3 is 2.62 bits per heavy atom. The summed E-state index contributed by atoms with van der Waals surface area (Å²) >= 11 is 5.79. The molecule has 1 spiro atoms. The van der Waals surface area contributed by atoms with Crippen LogP contribution >= 0.6 is 11.6 Å². The Morgan fingerprint density at radius 2 is 1.97 bits per heavy atom. The van der Waals surface area contributed by atoms with E-state index >= 15 is 0 Å². The van der Waals surface area contributed by atoms with Gasteiger partial charge in [0.2, 0.25) is 11.8 Å². The summed E-state index contributed by atoms with van der Waals surface area (Å²) in [4.78, 5) is 32.9. The van der Waals surface area contributed by atoms with Crippen LogP contribution in [0.2, 0.25) is 5.02 Å². The van der Waals surface area contributed by atoms with Crippen LogP contribution in [0.5, 0.6) is 0 Å². The summed E-state index contributed by atoms with van der Waals surface area (Å²) in [6.07, 6.45) is 6.29. The van der Waals surface area contributed by atoms with Gasteiger partial charge in [0.25, 0.3) is 0 Å². The van der Waals surface area contributed by atoms with Crippen molar-refractivity contribution in [2.75, 3.05) is 26.7 Å². The molecule has 3 heterocycles. The maximum atomic E-state index is 13.8. The molecule has 4 aliphatic rings. The van der Waals surface area contributed by atoms with Crippen molar-refractivity contribution in [2.45, 2.75) is 75.2 Å². The van der Waals surface area contributed by atoms with Crippen LogP contribution in [0.3, 0.4) is 0 Å². The van der Waals surface area contributed by atoms with Gasteiger partial charge in [0.05, 0.1) is 17.0 Å². The lowest BCUT2D eigenvalue weighted by atomic mass is 9.83. The number of carbonyl (C=O) groups excluding carboxylic acids is 2. The number of rotatable bonds is 4. The predicted molar refractivity (Wildman–Crippen MR) is 121 cm³/mol. The third kappa shape index (κ3) is 4.15. The molecule has 2 amide bonds. The molecule has 0 unspecified atom stereocenters. The van der Waals surface area contributed by atoms with Crippen LogP contribution in [-0.4, -0.2) is 76.9 Å². The minimum Gasteiger partial charge on any atom is -0.348 e. The fourth-order valence-electron chi connectivity index (χ4n) is 5.84. The number of fused-ring (bicyclic) bond motifs is 1. The number of likely N-dealkylation sites (N-methyl/N-ethyl adjacent to an activating group) is 1. The highest BCUT2D eigenvalue weighted by Crippen LogP contribution is 2.35. The monoisotopic (exact) mass is 462 g/mol. The van der Waals surface area contributed by atoms with E-state index in [0.29, 0.717) is 25.6 Å². The standard InChI is InChI=1S/C24H32ClFN4O2/c1-28(17-3-2-4-17)18-12-21-23(32)27-24(13-22(31)30(21)15-18)7-9-29(10-8-24)14-16-5-6-19(25)20(26)11-16/h5-6,11,17-18,21H,2-4,7-10,12-15H2,1H3,(H,27,32)/t18-,21-/m0/s1. The maximum Gasteiger partial charge on any atom is 0.243 e. The second-order valence-electron chi connectivity index (χ2n) is 10.2. The van der Waals surface area contributed by atoms with Crippen LogP contribution in [0.25, 0.3) is 0 Å². The molecule has 1 aromatic carbocycles. The van der Waals surface area contributed by atoms with E-state index in [4.69, 9.17) is 11.6 Å². The van der Waals surface area contributed by atoms with Gasteiger partial charge in [0, 0.05) is 38.3 Å². The summed E-state index contributed by atoms with van der Waals surface area (Å²) in [5.74, 6) is -0.291. The molecule has 1 saturated carbocycles. The topological polar surface area (TPSA) is 55.9 Å². The van der Waals surface area contributed by atoms with Crippen molar-refractivity contribution in [2.24, 2.45) is 0 Å². The predicted octanol–water partition coefficient (Wildman–Crippen LogP) is 2.79. The highest BCUT2D eigenvalue weighted by molar-refractivity contribution is 6.30. The molecule has 1 aromatic rings. The Bertz CT molecular complexity index is 872. The SMILES string of the molecule is CN(C1CCC1)[C@H]1C[C@H]2C(=O)NC3(CCN(Cc4ccc(Cl)c(F)c4)CC3)CC(=O)N2C1. The minimum absolute atomic E-state index is 0.00795. The Balaban J connectivity index is 1.21. The summed E-state index contributed by atoms with van der Waals surface area (Å²) in [5.41, 5.74) is 0.418. The second-order valence-corrected chi connectivity index (χ2v) is 10.6. The molecule has 3 aliphatic heterocycles. The first kappa shape index (κ1) is 22.1. The quantitative estimate of drug-likeness (QED) is 0.747. The zero-order valence-electron chi connectivity index (χ0n) is 18.7. The number of amides is 2. The van der Waals surface area contributed by atoms with Gasteiger partial charge in [-0.25, -0.2) is 4.39 Å². The summed E-state index contributed by atoms with van der Waals surface area (Å²) in [6, 6.07) is 5.45. The second kappa shape index (κ2) is 8.58. The zero-order valence-corrected chi connectivity index (χ0v) is 19.4. The third-order valence-electron chi connectivity index (χ3n) is 8.21. The number of hydrogen-bond acceptors (Lipinski definition) is 4. The van der Waals surface area contributed by atoms with E-state index < -0.39 is 11.4 Å². The Labute approximate surface area is 194 Å². The third-order valence-corrected chi connectivity index (χ3v) is 8.52. The van der Waals surface area contributed by atoms with Crippen LogP contribution in [0.15, 0.2) is 18.2 Å². The summed E-state index contributed by atoms with van der Waals surface area (Å²) in [7, 11) is 2.15. The van der Waals surface area contributed by atoms with Gasteiger partial charge in [0.1, 0.15) is 11.9 Å². The number of carbonyl (C=O) groups is 2. The van der Waals surface area contributed by atoms with Gasteiger partial charge in [-0.05, 0) is 56.8 Å². The largest absolute Gasteiger partial charge is 0.348 e. The molecular formula is C24H32ClFN4O2. The molecule has 6 nitrogen and oxygen atoms in total. The number of benzene rings is 1. The lowest BCUT2D eigenvalue weighted by molar-refractivity contribution is -0.135. The summed E-state index contributed by atoms with van der Waals surface area (Å²) in [5, 5.41) is 3.42. The van der Waals surface area contributed by atoms with Crippen molar-refractivity contribution in [3.05, 3.63) is 34.6 Å². The van der Waals surface area contributed by atoms with Gasteiger partial charge in [-0.15, -0.1) is 0 Å². The Morgan fingerprint density at radius 1 is 1.22 bits per heavy atom. The van der Waals surface area contributed by atoms with Gasteiger partial charge < -0.3 is 10.2 Å². The molecule has 3 saturated heterocycles. The molecule has 0 aromatic heterocycles. The lowest BCUT2D eigenvalue weighted by Gasteiger charge is -2.41. The first-order chi connectivity index (χ1) is 15.3. The smallest absolute Gasteiger partial charge is 0.243 e. The average molecular weight is 463 g/mol. The van der Waals surface area contributed by atoms with E-state index in [2.05, 4.69) is 22.2 Å². The van der Waals surface area contributed by atoms with E-state index in [1.807, 2.05) is 11.0 Å². The number of likely N-dealkylation sites (tertiary alicyclic amines) is 1. The Hall–Kier alpha value is -1.70. The molecule has 174 valence electrons. The average Bonchev–Trinajstić information content (AvgIpc) is 3.14. The van der Waals surface area contributed by atoms with Crippen molar-refractivity contribution in [1.82, 2.24) is 20.0 Å². The number of piperidine rings is 1. The van der Waals surface area contributed by atoms with Crippen molar-refractivity contribution >= 4 is 23.4 Å². The van der Waals surface area contributed by atoms with Crippen LogP contribution in [0, 0.1) is 5.82 Å². The molecule has 1 N–H and O–H groups in total. The molecule has 4 fully saturated rings. The van der Waals surface area contributed by atoms with Crippen LogP contribution in [0.1, 0.15) is 50.5 Å². The van der Waals surface area contributed by atoms with Gasteiger partial charge in [-0.2, -0.15) is 0 Å². The van der Waals surface area contributed by atoms with Gasteiger partial charge >= 0.3 is 0 Å². The van der Waals surface area contributed by atoms with Crippen molar-refractivity contribution in [3.8, 4) is 0 Å². The van der Waals surface area contributed by atoms with Crippen molar-refractivity contribution in [3.63, 3.8) is 0 Å².